The molecule has 114 valence electrons. The number of carboxylic acid groups (broad SMARTS) is 1. The van der Waals surface area contributed by atoms with E-state index in [0.29, 0.717) is 18.7 Å². The highest BCUT2D eigenvalue weighted by atomic mass is 19.1. The molecule has 5 nitrogen and oxygen atoms in total. The van der Waals surface area contributed by atoms with Gasteiger partial charge in [0, 0.05) is 32.2 Å². The van der Waals surface area contributed by atoms with Crippen molar-refractivity contribution < 1.29 is 19.1 Å². The zero-order valence-corrected chi connectivity index (χ0v) is 12.4. The highest BCUT2D eigenvalue weighted by molar-refractivity contribution is 5.88. The Hall–Kier alpha value is -1.95. The van der Waals surface area contributed by atoms with Crippen LogP contribution in [0.3, 0.4) is 0 Å². The fraction of sp³-hybridized carbons (Fsp3) is 0.467. The normalized spacial score (nSPS) is 18.9. The maximum atomic E-state index is 13.9. The molecule has 1 aliphatic heterocycles. The van der Waals surface area contributed by atoms with Gasteiger partial charge in [0.15, 0.2) is 0 Å². The van der Waals surface area contributed by atoms with E-state index in [1.54, 1.807) is 25.8 Å². The lowest BCUT2D eigenvalue weighted by atomic mass is 9.96. The lowest BCUT2D eigenvalue weighted by Gasteiger charge is -2.44. The molecule has 1 N–H and O–H groups in total. The molecule has 1 heterocycles. The Balaban J connectivity index is 2.27. The second kappa shape index (κ2) is 5.44. The first-order chi connectivity index (χ1) is 9.73. The summed E-state index contributed by atoms with van der Waals surface area (Å²) >= 11 is 0. The number of halogens is 1. The predicted molar refractivity (Wildman–Crippen MR) is 75.5 cm³/mol. The Labute approximate surface area is 123 Å². The Bertz CT molecular complexity index is 586. The summed E-state index contributed by atoms with van der Waals surface area (Å²) in [6, 6.07) is 3.72. The van der Waals surface area contributed by atoms with Crippen LogP contribution in [-0.2, 0) is 11.3 Å². The summed E-state index contributed by atoms with van der Waals surface area (Å²) in [7, 11) is 1.74. The van der Waals surface area contributed by atoms with E-state index in [1.807, 2.05) is 4.90 Å². The number of benzene rings is 1. The molecule has 1 amide bonds. The van der Waals surface area contributed by atoms with Crippen molar-refractivity contribution in [2.75, 3.05) is 20.1 Å². The molecule has 6 heteroatoms. The van der Waals surface area contributed by atoms with Crippen LogP contribution < -0.4 is 0 Å². The van der Waals surface area contributed by atoms with Crippen LogP contribution >= 0.6 is 0 Å². The van der Waals surface area contributed by atoms with E-state index in [4.69, 9.17) is 5.11 Å². The van der Waals surface area contributed by atoms with E-state index in [2.05, 4.69) is 0 Å². The van der Waals surface area contributed by atoms with E-state index in [-0.39, 0.29) is 18.0 Å². The molecule has 2 rings (SSSR count). The molecular formula is C15H19FN2O3. The van der Waals surface area contributed by atoms with Crippen molar-refractivity contribution >= 4 is 11.9 Å². The fourth-order valence-corrected chi connectivity index (χ4v) is 2.57. The molecule has 0 bridgehead atoms. The van der Waals surface area contributed by atoms with Crippen LogP contribution in [0.15, 0.2) is 18.2 Å². The molecule has 0 aromatic heterocycles. The Morgan fingerprint density at radius 1 is 1.38 bits per heavy atom. The van der Waals surface area contributed by atoms with Gasteiger partial charge in [-0.3, -0.25) is 9.69 Å². The monoisotopic (exact) mass is 294 g/mol. The molecule has 21 heavy (non-hydrogen) atoms. The standard InChI is InChI=1S/C15H19FN2O3/c1-15(2)14(21)17(3)6-7-18(15)9-11-8-10(13(19)20)4-5-12(11)16/h4-5,8H,6-7,9H2,1-3H3,(H,19,20). The zero-order valence-electron chi connectivity index (χ0n) is 12.4. The molecule has 0 saturated carbocycles. The van der Waals surface area contributed by atoms with Gasteiger partial charge in [-0.05, 0) is 32.0 Å². The lowest BCUT2D eigenvalue weighted by molar-refractivity contribution is -0.147. The SMILES string of the molecule is CN1CCN(Cc2cc(C(=O)O)ccc2F)C(C)(C)C1=O. The molecule has 0 spiro atoms. The summed E-state index contributed by atoms with van der Waals surface area (Å²) < 4.78 is 13.9. The molecule has 0 aliphatic carbocycles. The number of piperazine rings is 1. The van der Waals surface area contributed by atoms with Crippen molar-refractivity contribution in [3.05, 3.63) is 35.1 Å². The zero-order chi connectivity index (χ0) is 15.8. The maximum Gasteiger partial charge on any atom is 0.335 e. The molecule has 0 radical (unpaired) electrons. The lowest BCUT2D eigenvalue weighted by Crippen LogP contribution is -2.61. The number of aromatic carboxylic acids is 1. The van der Waals surface area contributed by atoms with Gasteiger partial charge in [-0.15, -0.1) is 0 Å². The van der Waals surface area contributed by atoms with E-state index < -0.39 is 17.3 Å². The molecule has 0 unspecified atom stereocenters. The summed E-state index contributed by atoms with van der Waals surface area (Å²) in [6.07, 6.45) is 0. The van der Waals surface area contributed by atoms with Gasteiger partial charge in [0.2, 0.25) is 5.91 Å². The summed E-state index contributed by atoms with van der Waals surface area (Å²) in [4.78, 5) is 26.7. The number of carboxylic acids is 1. The number of likely N-dealkylation sites (N-methyl/N-ethyl adjacent to an activating group) is 1. The third kappa shape index (κ3) is 2.90. The average molecular weight is 294 g/mol. The molecule has 1 aromatic carbocycles. The van der Waals surface area contributed by atoms with E-state index in [0.717, 1.165) is 6.07 Å². The van der Waals surface area contributed by atoms with Gasteiger partial charge in [0.25, 0.3) is 0 Å². The average Bonchev–Trinajstić information content (AvgIpc) is 2.41. The van der Waals surface area contributed by atoms with Gasteiger partial charge in [-0.1, -0.05) is 0 Å². The van der Waals surface area contributed by atoms with Crippen molar-refractivity contribution in [1.29, 1.82) is 0 Å². The first-order valence-electron chi connectivity index (χ1n) is 6.76. The predicted octanol–water partition coefficient (Wildman–Crippen LogP) is 1.58. The molecule has 1 saturated heterocycles. The van der Waals surface area contributed by atoms with Crippen LogP contribution in [0.4, 0.5) is 4.39 Å². The van der Waals surface area contributed by atoms with E-state index in [1.165, 1.54) is 12.1 Å². The minimum atomic E-state index is -1.09. The number of nitrogens with zero attached hydrogens (tertiary/aromatic N) is 2. The van der Waals surface area contributed by atoms with Crippen molar-refractivity contribution in [2.45, 2.75) is 25.9 Å². The molecule has 1 fully saturated rings. The van der Waals surface area contributed by atoms with Crippen molar-refractivity contribution in [3.63, 3.8) is 0 Å². The molecule has 1 aromatic rings. The number of rotatable bonds is 3. The van der Waals surface area contributed by atoms with Gasteiger partial charge in [0.05, 0.1) is 11.1 Å². The van der Waals surface area contributed by atoms with Crippen LogP contribution in [0, 0.1) is 5.82 Å². The third-order valence-corrected chi connectivity index (χ3v) is 4.02. The minimum Gasteiger partial charge on any atom is -0.478 e. The Morgan fingerprint density at radius 3 is 2.67 bits per heavy atom. The summed E-state index contributed by atoms with van der Waals surface area (Å²) in [5.41, 5.74) is -0.399. The van der Waals surface area contributed by atoms with Crippen LogP contribution in [0.2, 0.25) is 0 Å². The van der Waals surface area contributed by atoms with Gasteiger partial charge in [0.1, 0.15) is 5.82 Å². The second-order valence-corrected chi connectivity index (χ2v) is 5.82. The third-order valence-electron chi connectivity index (χ3n) is 4.02. The van der Waals surface area contributed by atoms with Crippen molar-refractivity contribution in [3.8, 4) is 0 Å². The second-order valence-electron chi connectivity index (χ2n) is 5.82. The van der Waals surface area contributed by atoms with Gasteiger partial charge in [-0.2, -0.15) is 0 Å². The molecular weight excluding hydrogens is 275 g/mol. The first kappa shape index (κ1) is 15.4. The van der Waals surface area contributed by atoms with Crippen LogP contribution in [0.25, 0.3) is 0 Å². The maximum absolute atomic E-state index is 13.9. The number of carbonyl (C=O) groups excluding carboxylic acids is 1. The molecule has 0 atom stereocenters. The van der Waals surface area contributed by atoms with Gasteiger partial charge < -0.3 is 10.0 Å². The quantitative estimate of drug-likeness (QED) is 0.919. The van der Waals surface area contributed by atoms with Crippen molar-refractivity contribution in [2.24, 2.45) is 0 Å². The van der Waals surface area contributed by atoms with Crippen LogP contribution in [0.1, 0.15) is 29.8 Å². The first-order valence-corrected chi connectivity index (χ1v) is 6.76. The smallest absolute Gasteiger partial charge is 0.335 e. The number of hydrogen-bond acceptors (Lipinski definition) is 3. The minimum absolute atomic E-state index is 0.0245. The van der Waals surface area contributed by atoms with Crippen molar-refractivity contribution in [1.82, 2.24) is 9.80 Å². The number of carbonyl (C=O) groups is 2. The highest BCUT2D eigenvalue weighted by Crippen LogP contribution is 2.25. The largest absolute Gasteiger partial charge is 0.478 e. The Morgan fingerprint density at radius 2 is 2.05 bits per heavy atom. The van der Waals surface area contributed by atoms with Gasteiger partial charge in [-0.25, -0.2) is 9.18 Å². The Kier molecular flexibility index (Phi) is 4.00. The number of amides is 1. The van der Waals surface area contributed by atoms with E-state index in [9.17, 15) is 14.0 Å². The topological polar surface area (TPSA) is 60.9 Å². The van der Waals surface area contributed by atoms with Gasteiger partial charge >= 0.3 is 5.97 Å². The summed E-state index contributed by atoms with van der Waals surface area (Å²) in [5, 5.41) is 8.99. The van der Waals surface area contributed by atoms with Crippen LogP contribution in [-0.4, -0.2) is 52.5 Å². The summed E-state index contributed by atoms with van der Waals surface area (Å²) in [6.45, 7) is 4.99. The summed E-state index contributed by atoms with van der Waals surface area (Å²) in [5.74, 6) is -1.57. The number of hydrogen-bond donors (Lipinski definition) is 1. The highest BCUT2D eigenvalue weighted by Gasteiger charge is 2.40. The fourth-order valence-electron chi connectivity index (χ4n) is 2.57. The van der Waals surface area contributed by atoms with E-state index >= 15 is 0 Å². The van der Waals surface area contributed by atoms with Crippen LogP contribution in [0.5, 0.6) is 0 Å². The molecule has 1 aliphatic rings.